The third kappa shape index (κ3) is 5.34. The molecule has 8 heteroatoms. The van der Waals surface area contributed by atoms with Crippen molar-refractivity contribution in [2.24, 2.45) is 5.73 Å². The quantitative estimate of drug-likeness (QED) is 0.336. The van der Waals surface area contributed by atoms with Crippen LogP contribution in [0.1, 0.15) is 45.4 Å². The zero-order chi connectivity index (χ0) is 20.8. The molecular formula is C19H32BrF3N2OSi. The van der Waals surface area contributed by atoms with Crippen molar-refractivity contribution in [2.75, 3.05) is 6.61 Å². The maximum absolute atomic E-state index is 15.1. The summed E-state index contributed by atoms with van der Waals surface area (Å²) in [7, 11) is -1.69. The highest BCUT2D eigenvalue weighted by Gasteiger charge is 2.41. The van der Waals surface area contributed by atoms with Crippen molar-refractivity contribution in [1.29, 1.82) is 0 Å². The first-order valence-electron chi connectivity index (χ1n) is 9.59. The highest BCUT2D eigenvalue weighted by molar-refractivity contribution is 9.10. The highest BCUT2D eigenvalue weighted by atomic mass is 79.9. The fraction of sp³-hybridized carbons (Fsp3) is 0.737. The van der Waals surface area contributed by atoms with E-state index in [1.54, 1.807) is 12.1 Å². The molecule has 3 atom stereocenters. The number of aliphatic hydroxyl groups excluding tert-OH is 1. The third-order valence-electron chi connectivity index (χ3n) is 6.35. The fourth-order valence-corrected chi connectivity index (χ4v) is 8.63. The Morgan fingerprint density at radius 2 is 1.74 bits per heavy atom. The van der Waals surface area contributed by atoms with Gasteiger partial charge in [-0.05, 0) is 45.9 Å². The van der Waals surface area contributed by atoms with Gasteiger partial charge in [0.05, 0.1) is 20.4 Å². The maximum Gasteiger partial charge on any atom is 0.264 e. The van der Waals surface area contributed by atoms with Crippen molar-refractivity contribution in [1.82, 2.24) is 4.98 Å². The molecule has 0 aromatic carbocycles. The number of aromatic nitrogens is 1. The Bertz CT molecular complexity index is 596. The van der Waals surface area contributed by atoms with Gasteiger partial charge in [0.25, 0.3) is 6.43 Å². The van der Waals surface area contributed by atoms with Gasteiger partial charge < -0.3 is 10.8 Å². The van der Waals surface area contributed by atoms with Crippen LogP contribution in [0.4, 0.5) is 13.2 Å². The molecule has 3 nitrogen and oxygen atoms in total. The summed E-state index contributed by atoms with van der Waals surface area (Å²) in [5, 5.41) is 9.46. The van der Waals surface area contributed by atoms with E-state index in [1.807, 2.05) is 6.92 Å². The molecule has 1 aromatic heterocycles. The predicted octanol–water partition coefficient (Wildman–Crippen LogP) is 5.42. The van der Waals surface area contributed by atoms with Gasteiger partial charge in [-0.1, -0.05) is 51.9 Å². The molecule has 27 heavy (non-hydrogen) atoms. The van der Waals surface area contributed by atoms with Gasteiger partial charge in [-0.3, -0.25) is 0 Å². The van der Waals surface area contributed by atoms with Crippen LogP contribution in [0, 0.1) is 0 Å². The van der Waals surface area contributed by atoms with E-state index in [-0.39, 0.29) is 24.1 Å². The Kier molecular flexibility index (Phi) is 9.44. The number of alkyl halides is 3. The summed E-state index contributed by atoms with van der Waals surface area (Å²) in [6, 6.07) is 6.37. The molecule has 0 amide bonds. The van der Waals surface area contributed by atoms with Crippen molar-refractivity contribution < 1.29 is 18.3 Å². The Hall–Kier alpha value is -0.443. The van der Waals surface area contributed by atoms with Crippen LogP contribution in [-0.4, -0.2) is 37.4 Å². The number of rotatable bonds is 11. The number of nitrogens with zero attached hydrogens (tertiary/aromatic N) is 1. The molecule has 0 aliphatic rings. The summed E-state index contributed by atoms with van der Waals surface area (Å²) in [4.78, 5) is 4.10. The second-order valence-electron chi connectivity index (χ2n) is 7.41. The Labute approximate surface area is 170 Å². The molecule has 0 fully saturated rings. The summed E-state index contributed by atoms with van der Waals surface area (Å²) >= 11 is 3.16. The van der Waals surface area contributed by atoms with Crippen LogP contribution in [0.3, 0.4) is 0 Å². The standard InChI is InChI=1S/C19H32BrF3N2OSi/c1-5-27(6-2,7-3)13(4)15(21)10-8-14-9-11-16(20)25-17(14)19(24,12-26)18(22)23/h9,11,13,15,18,26H,5-8,10,12,24H2,1-4H3/t13?,15?,19-/m1/s1. The maximum atomic E-state index is 15.1. The van der Waals surface area contributed by atoms with Crippen LogP contribution in [0.25, 0.3) is 0 Å². The Balaban J connectivity index is 3.07. The number of aryl methyl sites for hydroxylation is 1. The van der Waals surface area contributed by atoms with Crippen LogP contribution >= 0.6 is 15.9 Å². The summed E-state index contributed by atoms with van der Waals surface area (Å²) in [5.74, 6) is 0. The lowest BCUT2D eigenvalue weighted by atomic mass is 9.91. The molecule has 3 N–H and O–H groups in total. The van der Waals surface area contributed by atoms with Gasteiger partial charge >= 0.3 is 0 Å². The van der Waals surface area contributed by atoms with Crippen LogP contribution in [0.2, 0.25) is 23.7 Å². The summed E-state index contributed by atoms with van der Waals surface area (Å²) < 4.78 is 42.4. The third-order valence-corrected chi connectivity index (χ3v) is 13.3. The van der Waals surface area contributed by atoms with Crippen LogP contribution < -0.4 is 5.73 Å². The molecule has 0 radical (unpaired) electrons. The molecule has 1 rings (SSSR count). The molecule has 1 heterocycles. The van der Waals surface area contributed by atoms with E-state index in [2.05, 4.69) is 41.7 Å². The summed E-state index contributed by atoms with van der Waals surface area (Å²) in [6.07, 6.45) is -3.49. The molecule has 0 aliphatic heterocycles. The van der Waals surface area contributed by atoms with Crippen molar-refractivity contribution >= 4 is 24.0 Å². The van der Waals surface area contributed by atoms with E-state index < -0.39 is 32.8 Å². The second kappa shape index (κ2) is 10.4. The van der Waals surface area contributed by atoms with E-state index in [0.29, 0.717) is 10.2 Å². The molecule has 0 aliphatic carbocycles. The monoisotopic (exact) mass is 468 g/mol. The first-order valence-corrected chi connectivity index (χ1v) is 13.1. The highest BCUT2D eigenvalue weighted by Crippen LogP contribution is 2.38. The molecular weight excluding hydrogens is 437 g/mol. The molecule has 0 saturated carbocycles. The lowest BCUT2D eigenvalue weighted by Gasteiger charge is -2.37. The minimum atomic E-state index is -2.98. The molecule has 156 valence electrons. The first kappa shape index (κ1) is 24.6. The second-order valence-corrected chi connectivity index (χ2v) is 14.0. The smallest absolute Gasteiger partial charge is 0.264 e. The average molecular weight is 469 g/mol. The SMILES string of the molecule is CC[Si](CC)(CC)C(C)C(F)CCc1ccc(Br)nc1[C@](N)(CO)C(F)F. The first-order chi connectivity index (χ1) is 12.6. The molecule has 0 bridgehead atoms. The van der Waals surface area contributed by atoms with Crippen molar-refractivity contribution in [2.45, 2.75) is 82.3 Å². The zero-order valence-electron chi connectivity index (χ0n) is 16.6. The van der Waals surface area contributed by atoms with Gasteiger partial charge in [0.15, 0.2) is 0 Å². The zero-order valence-corrected chi connectivity index (χ0v) is 19.2. The van der Waals surface area contributed by atoms with E-state index in [9.17, 15) is 13.9 Å². The van der Waals surface area contributed by atoms with Crippen LogP contribution in [0.5, 0.6) is 0 Å². The fourth-order valence-electron chi connectivity index (χ4n) is 3.96. The lowest BCUT2D eigenvalue weighted by Crippen LogP contribution is -2.48. The van der Waals surface area contributed by atoms with E-state index in [4.69, 9.17) is 5.73 Å². The predicted molar refractivity (Wildman–Crippen MR) is 111 cm³/mol. The van der Waals surface area contributed by atoms with Crippen LogP contribution in [-0.2, 0) is 12.0 Å². The molecule has 2 unspecified atom stereocenters. The molecule has 0 saturated heterocycles. The minimum absolute atomic E-state index is 0.0000632. The van der Waals surface area contributed by atoms with E-state index in [1.165, 1.54) is 0 Å². The lowest BCUT2D eigenvalue weighted by molar-refractivity contribution is 0.0124. The summed E-state index contributed by atoms with van der Waals surface area (Å²) in [5.41, 5.74) is 3.89. The Morgan fingerprint density at radius 1 is 1.19 bits per heavy atom. The normalized spacial score (nSPS) is 17.0. The van der Waals surface area contributed by atoms with E-state index in [0.717, 1.165) is 18.1 Å². The van der Waals surface area contributed by atoms with E-state index >= 15 is 4.39 Å². The average Bonchev–Trinajstić information content (AvgIpc) is 2.67. The summed E-state index contributed by atoms with van der Waals surface area (Å²) in [6.45, 7) is 7.49. The number of aliphatic hydroxyl groups is 1. The van der Waals surface area contributed by atoms with Gasteiger partial charge in [-0.2, -0.15) is 0 Å². The van der Waals surface area contributed by atoms with Gasteiger partial charge in [-0.25, -0.2) is 18.2 Å². The van der Waals surface area contributed by atoms with Crippen molar-refractivity contribution in [3.63, 3.8) is 0 Å². The van der Waals surface area contributed by atoms with Gasteiger partial charge in [0.2, 0.25) is 0 Å². The Morgan fingerprint density at radius 3 is 2.19 bits per heavy atom. The topological polar surface area (TPSA) is 59.1 Å². The number of pyridine rings is 1. The number of hydrogen-bond donors (Lipinski definition) is 2. The number of halogens is 4. The van der Waals surface area contributed by atoms with Crippen molar-refractivity contribution in [3.8, 4) is 0 Å². The minimum Gasteiger partial charge on any atom is -0.394 e. The van der Waals surface area contributed by atoms with Crippen molar-refractivity contribution in [3.05, 3.63) is 28.0 Å². The molecule has 1 aromatic rings. The van der Waals surface area contributed by atoms with Gasteiger partial charge in [-0.15, -0.1) is 0 Å². The van der Waals surface area contributed by atoms with Gasteiger partial charge in [0.1, 0.15) is 16.3 Å². The largest absolute Gasteiger partial charge is 0.394 e. The number of nitrogens with two attached hydrogens (primary N) is 1. The van der Waals surface area contributed by atoms with Gasteiger partial charge in [0, 0.05) is 0 Å². The number of hydrogen-bond acceptors (Lipinski definition) is 3. The van der Waals surface area contributed by atoms with Crippen LogP contribution in [0.15, 0.2) is 16.7 Å². The molecule has 0 spiro atoms.